The first-order valence-electron chi connectivity index (χ1n) is 9.53. The third kappa shape index (κ3) is 3.98. The van der Waals surface area contributed by atoms with E-state index in [2.05, 4.69) is 16.4 Å². The molecule has 1 aliphatic heterocycles. The quantitative estimate of drug-likeness (QED) is 0.609. The van der Waals surface area contributed by atoms with Crippen molar-refractivity contribution < 1.29 is 9.59 Å². The zero-order valence-corrected chi connectivity index (χ0v) is 17.4. The summed E-state index contributed by atoms with van der Waals surface area (Å²) in [6, 6.07) is 16.4. The van der Waals surface area contributed by atoms with Gasteiger partial charge in [0, 0.05) is 23.1 Å². The number of hydrogen-bond donors (Lipinski definition) is 1. The Morgan fingerprint density at radius 3 is 2.17 bits per heavy atom. The van der Waals surface area contributed by atoms with Crippen LogP contribution in [0.1, 0.15) is 22.3 Å². The molecule has 5 nitrogen and oxygen atoms in total. The highest BCUT2D eigenvalue weighted by Crippen LogP contribution is 2.32. The highest BCUT2D eigenvalue weighted by Gasteiger charge is 2.39. The zero-order valence-electron chi connectivity index (χ0n) is 16.6. The smallest absolute Gasteiger partial charge is 0.278 e. The van der Waals surface area contributed by atoms with Crippen molar-refractivity contribution in [2.75, 3.05) is 5.32 Å². The van der Waals surface area contributed by atoms with Crippen LogP contribution in [-0.4, -0.2) is 21.7 Å². The topological polar surface area (TPSA) is 62.3 Å². The Labute approximate surface area is 180 Å². The molecule has 30 heavy (non-hydrogen) atoms. The van der Waals surface area contributed by atoms with E-state index in [-0.39, 0.29) is 24.1 Å². The summed E-state index contributed by atoms with van der Waals surface area (Å²) >= 11 is 6.02. The van der Waals surface area contributed by atoms with Gasteiger partial charge in [-0.1, -0.05) is 29.8 Å². The van der Waals surface area contributed by atoms with Crippen molar-refractivity contribution in [3.8, 4) is 0 Å². The number of benzene rings is 2. The van der Waals surface area contributed by atoms with Crippen LogP contribution in [0.4, 0.5) is 5.69 Å². The molecule has 0 fully saturated rings. The SMILES string of the molecule is Cc1cc(C)cc(NC2=C(c3ccc(Cl)cc3)C(=O)N(Cc3ccncc3)C2=O)c1. The Balaban J connectivity index is 1.76. The van der Waals surface area contributed by atoms with Crippen LogP contribution >= 0.6 is 11.6 Å². The molecule has 0 unspecified atom stereocenters. The summed E-state index contributed by atoms with van der Waals surface area (Å²) < 4.78 is 0. The second-order valence-electron chi connectivity index (χ2n) is 7.31. The largest absolute Gasteiger partial charge is 0.350 e. The number of nitrogens with zero attached hydrogens (tertiary/aromatic N) is 2. The minimum atomic E-state index is -0.360. The monoisotopic (exact) mass is 417 g/mol. The highest BCUT2D eigenvalue weighted by atomic mass is 35.5. The van der Waals surface area contributed by atoms with Gasteiger partial charge in [0.2, 0.25) is 0 Å². The Morgan fingerprint density at radius 2 is 1.53 bits per heavy atom. The number of halogens is 1. The first-order valence-corrected chi connectivity index (χ1v) is 9.91. The van der Waals surface area contributed by atoms with Gasteiger partial charge >= 0.3 is 0 Å². The molecular weight excluding hydrogens is 398 g/mol. The molecule has 4 rings (SSSR count). The summed E-state index contributed by atoms with van der Waals surface area (Å²) in [5.41, 5.74) is 4.97. The van der Waals surface area contributed by atoms with Gasteiger partial charge in [-0.15, -0.1) is 0 Å². The first kappa shape index (κ1) is 19.9. The lowest BCUT2D eigenvalue weighted by Crippen LogP contribution is -2.32. The molecular formula is C24H20ClN3O2. The van der Waals surface area contributed by atoms with Gasteiger partial charge in [-0.2, -0.15) is 0 Å². The third-order valence-electron chi connectivity index (χ3n) is 4.88. The fourth-order valence-corrected chi connectivity index (χ4v) is 3.71. The average molecular weight is 418 g/mol. The summed E-state index contributed by atoms with van der Waals surface area (Å²) in [6.45, 7) is 4.16. The minimum Gasteiger partial charge on any atom is -0.350 e. The second-order valence-corrected chi connectivity index (χ2v) is 7.75. The molecule has 150 valence electrons. The Bertz CT molecular complexity index is 1130. The van der Waals surface area contributed by atoms with Crippen molar-refractivity contribution in [2.45, 2.75) is 20.4 Å². The predicted molar refractivity (Wildman–Crippen MR) is 118 cm³/mol. The minimum absolute atomic E-state index is 0.176. The fraction of sp³-hybridized carbons (Fsp3) is 0.125. The molecule has 6 heteroatoms. The van der Waals surface area contributed by atoms with E-state index in [1.807, 2.05) is 26.0 Å². The molecule has 1 aliphatic rings. The summed E-state index contributed by atoms with van der Waals surface area (Å²) in [7, 11) is 0. The van der Waals surface area contributed by atoms with Gasteiger partial charge < -0.3 is 5.32 Å². The lowest BCUT2D eigenvalue weighted by Gasteiger charge is -2.15. The summed E-state index contributed by atoms with van der Waals surface area (Å²) in [5.74, 6) is -0.702. The number of carbonyl (C=O) groups is 2. The lowest BCUT2D eigenvalue weighted by atomic mass is 10.0. The van der Waals surface area contributed by atoms with Crippen LogP contribution in [0.15, 0.2) is 72.7 Å². The Morgan fingerprint density at radius 1 is 0.900 bits per heavy atom. The zero-order chi connectivity index (χ0) is 21.3. The molecule has 0 atom stereocenters. The van der Waals surface area contributed by atoms with Crippen LogP contribution in [0.5, 0.6) is 0 Å². The molecule has 1 aromatic heterocycles. The summed E-state index contributed by atoms with van der Waals surface area (Å²) in [5, 5.41) is 3.77. The van der Waals surface area contributed by atoms with Crippen LogP contribution in [0.2, 0.25) is 5.02 Å². The van der Waals surface area contributed by atoms with Crippen molar-refractivity contribution >= 4 is 34.7 Å². The normalized spacial score (nSPS) is 13.9. The van der Waals surface area contributed by atoms with Gasteiger partial charge in [0.05, 0.1) is 12.1 Å². The Kier molecular flexibility index (Phi) is 5.38. The van der Waals surface area contributed by atoms with Crippen LogP contribution in [-0.2, 0) is 16.1 Å². The van der Waals surface area contributed by atoms with Crippen molar-refractivity contribution in [2.24, 2.45) is 0 Å². The predicted octanol–water partition coefficient (Wildman–Crippen LogP) is 4.74. The molecule has 0 bridgehead atoms. The van der Waals surface area contributed by atoms with Gasteiger partial charge in [0.25, 0.3) is 11.8 Å². The van der Waals surface area contributed by atoms with Gasteiger partial charge in [-0.25, -0.2) is 0 Å². The number of imide groups is 1. The van der Waals surface area contributed by atoms with E-state index in [0.717, 1.165) is 22.4 Å². The van der Waals surface area contributed by atoms with E-state index in [0.29, 0.717) is 16.2 Å². The number of pyridine rings is 1. The average Bonchev–Trinajstić information content (AvgIpc) is 2.93. The number of amides is 2. The van der Waals surface area contributed by atoms with Crippen molar-refractivity contribution in [1.29, 1.82) is 0 Å². The molecule has 2 aromatic carbocycles. The Hall–Kier alpha value is -3.44. The maximum atomic E-state index is 13.3. The fourth-order valence-electron chi connectivity index (χ4n) is 3.58. The molecule has 0 aliphatic carbocycles. The number of hydrogen-bond acceptors (Lipinski definition) is 4. The molecule has 0 spiro atoms. The van der Waals surface area contributed by atoms with Crippen LogP contribution in [0.3, 0.4) is 0 Å². The van der Waals surface area contributed by atoms with Crippen molar-refractivity contribution in [3.05, 3.63) is 100.0 Å². The second kappa shape index (κ2) is 8.13. The third-order valence-corrected chi connectivity index (χ3v) is 5.13. The summed E-state index contributed by atoms with van der Waals surface area (Å²) in [6.07, 6.45) is 3.28. The van der Waals surface area contributed by atoms with Crippen LogP contribution < -0.4 is 5.32 Å². The molecule has 3 aromatic rings. The van der Waals surface area contributed by atoms with Gasteiger partial charge in [-0.3, -0.25) is 19.5 Å². The molecule has 0 radical (unpaired) electrons. The molecule has 1 N–H and O–H groups in total. The number of nitrogens with one attached hydrogen (secondary N) is 1. The number of aromatic nitrogens is 1. The number of rotatable bonds is 5. The van der Waals surface area contributed by atoms with E-state index in [1.165, 1.54) is 4.90 Å². The van der Waals surface area contributed by atoms with Crippen molar-refractivity contribution in [3.63, 3.8) is 0 Å². The molecule has 2 amide bonds. The van der Waals surface area contributed by atoms with Crippen LogP contribution in [0.25, 0.3) is 5.57 Å². The van der Waals surface area contributed by atoms with E-state index < -0.39 is 0 Å². The molecule has 0 saturated heterocycles. The van der Waals surface area contributed by atoms with E-state index >= 15 is 0 Å². The standard InChI is InChI=1S/C24H20ClN3O2/c1-15-11-16(2)13-20(12-15)27-22-21(18-3-5-19(25)6-4-18)23(29)28(24(22)30)14-17-7-9-26-10-8-17/h3-13,27H,14H2,1-2H3. The van der Waals surface area contributed by atoms with Gasteiger partial charge in [-0.05, 0) is 72.5 Å². The maximum Gasteiger partial charge on any atom is 0.278 e. The van der Waals surface area contributed by atoms with Gasteiger partial charge in [0.15, 0.2) is 0 Å². The maximum absolute atomic E-state index is 13.3. The van der Waals surface area contributed by atoms with E-state index in [1.54, 1.807) is 48.8 Å². The molecule has 2 heterocycles. The highest BCUT2D eigenvalue weighted by molar-refractivity contribution is 6.36. The number of carbonyl (C=O) groups excluding carboxylic acids is 2. The van der Waals surface area contributed by atoms with Crippen LogP contribution in [0, 0.1) is 13.8 Å². The number of aryl methyl sites for hydroxylation is 2. The van der Waals surface area contributed by atoms with Crippen molar-refractivity contribution in [1.82, 2.24) is 9.88 Å². The summed E-state index contributed by atoms with van der Waals surface area (Å²) in [4.78, 5) is 31.8. The van der Waals surface area contributed by atoms with E-state index in [9.17, 15) is 9.59 Å². The number of anilines is 1. The van der Waals surface area contributed by atoms with E-state index in [4.69, 9.17) is 11.6 Å². The lowest BCUT2D eigenvalue weighted by molar-refractivity contribution is -0.137. The molecule has 0 saturated carbocycles. The van der Waals surface area contributed by atoms with Gasteiger partial charge in [0.1, 0.15) is 5.70 Å². The first-order chi connectivity index (χ1) is 14.4.